The number of methoxy groups -OCH3 is 1. The van der Waals surface area contributed by atoms with Crippen molar-refractivity contribution in [3.05, 3.63) is 58.1 Å². The van der Waals surface area contributed by atoms with Gasteiger partial charge in [0.2, 0.25) is 12.3 Å². The molecule has 0 aliphatic carbocycles. The molecule has 29 heavy (non-hydrogen) atoms. The molecule has 0 fully saturated rings. The molecular formula is C20H22Cl2N4O3. The first-order valence-corrected chi connectivity index (χ1v) is 9.77. The van der Waals surface area contributed by atoms with E-state index in [0.29, 0.717) is 34.0 Å². The number of nitrogens with zero attached hydrogens (tertiary/aromatic N) is 2. The maximum absolute atomic E-state index is 12.6. The van der Waals surface area contributed by atoms with Crippen LogP contribution in [-0.4, -0.2) is 36.5 Å². The van der Waals surface area contributed by atoms with Gasteiger partial charge in [0.1, 0.15) is 5.75 Å². The quantitative estimate of drug-likeness (QED) is 0.687. The summed E-state index contributed by atoms with van der Waals surface area (Å²) in [5.74, 6) is 0.924. The minimum absolute atomic E-state index is 0.00931. The fourth-order valence-corrected chi connectivity index (χ4v) is 3.03. The number of anilines is 1. The third-order valence-corrected chi connectivity index (χ3v) is 4.56. The topological polar surface area (TPSA) is 75.2 Å². The van der Waals surface area contributed by atoms with Crippen molar-refractivity contribution in [1.82, 2.24) is 10.2 Å². The smallest absolute Gasteiger partial charge is 0.328 e. The van der Waals surface area contributed by atoms with Crippen molar-refractivity contribution in [2.75, 3.05) is 12.4 Å². The number of halogens is 2. The lowest BCUT2D eigenvalue weighted by molar-refractivity contribution is 0.0770. The Morgan fingerprint density at radius 3 is 2.55 bits per heavy atom. The van der Waals surface area contributed by atoms with Gasteiger partial charge in [-0.25, -0.2) is 4.79 Å². The highest BCUT2D eigenvalue weighted by Crippen LogP contribution is 2.29. The fourth-order valence-electron chi connectivity index (χ4n) is 2.68. The third kappa shape index (κ3) is 5.53. The van der Waals surface area contributed by atoms with E-state index < -0.39 is 6.35 Å². The summed E-state index contributed by atoms with van der Waals surface area (Å²) in [7, 11) is 1.47. The molecule has 0 saturated heterocycles. The lowest BCUT2D eigenvalue weighted by atomic mass is 10.2. The highest BCUT2D eigenvalue weighted by Gasteiger charge is 2.28. The molecule has 1 heterocycles. The molecule has 154 valence electrons. The normalized spacial score (nSPS) is 16.5. The molecule has 1 atom stereocenters. The van der Waals surface area contributed by atoms with Gasteiger partial charge in [-0.15, -0.1) is 0 Å². The average Bonchev–Trinajstić information content (AvgIpc) is 2.67. The minimum Gasteiger partial charge on any atom is -0.489 e. The summed E-state index contributed by atoms with van der Waals surface area (Å²) in [6.07, 6.45) is -0.777. The number of urea groups is 1. The van der Waals surface area contributed by atoms with E-state index in [1.165, 1.54) is 12.0 Å². The predicted molar refractivity (Wildman–Crippen MR) is 115 cm³/mol. The molecule has 0 spiro atoms. The van der Waals surface area contributed by atoms with Crippen LogP contribution in [0.2, 0.25) is 10.0 Å². The van der Waals surface area contributed by atoms with Crippen molar-refractivity contribution in [2.45, 2.75) is 32.8 Å². The van der Waals surface area contributed by atoms with E-state index in [2.05, 4.69) is 15.6 Å². The summed E-state index contributed by atoms with van der Waals surface area (Å²) < 4.78 is 10.8. The number of aliphatic imine (C=N–C) groups is 1. The summed E-state index contributed by atoms with van der Waals surface area (Å²) >= 11 is 12.3. The van der Waals surface area contributed by atoms with E-state index in [1.807, 2.05) is 26.0 Å². The fraction of sp³-hybridized carbons (Fsp3) is 0.300. The summed E-state index contributed by atoms with van der Waals surface area (Å²) in [5, 5.41) is 6.90. The number of benzene rings is 2. The zero-order valence-corrected chi connectivity index (χ0v) is 17.8. The molecule has 0 bridgehead atoms. The van der Waals surface area contributed by atoms with Gasteiger partial charge in [0.15, 0.2) is 0 Å². The molecule has 0 aromatic heterocycles. The summed E-state index contributed by atoms with van der Waals surface area (Å²) in [4.78, 5) is 18.5. The Labute approximate surface area is 179 Å². The average molecular weight is 437 g/mol. The molecule has 1 aliphatic rings. The van der Waals surface area contributed by atoms with Crippen molar-refractivity contribution in [3.8, 4) is 5.75 Å². The van der Waals surface area contributed by atoms with Crippen LogP contribution in [0.4, 0.5) is 10.5 Å². The van der Waals surface area contributed by atoms with Gasteiger partial charge in [-0.3, -0.25) is 10.2 Å². The number of rotatable bonds is 6. The SMILES string of the molecule is COC1N=C(Nc2ccc(OC(C)C)c(Cl)c2)N(Cc2ccc(Cl)cc2)C(=O)N1. The Hall–Kier alpha value is -2.48. The van der Waals surface area contributed by atoms with E-state index in [9.17, 15) is 4.79 Å². The van der Waals surface area contributed by atoms with Gasteiger partial charge in [0.25, 0.3) is 0 Å². The van der Waals surface area contributed by atoms with Gasteiger partial charge in [-0.05, 0) is 49.7 Å². The molecule has 2 aromatic rings. The number of hydrogen-bond donors (Lipinski definition) is 2. The van der Waals surface area contributed by atoms with Gasteiger partial charge in [0.05, 0.1) is 17.7 Å². The van der Waals surface area contributed by atoms with Gasteiger partial charge in [0, 0.05) is 17.8 Å². The first-order valence-electron chi connectivity index (χ1n) is 9.02. The number of guanidine groups is 1. The third-order valence-electron chi connectivity index (χ3n) is 4.02. The van der Waals surface area contributed by atoms with Crippen molar-refractivity contribution in [1.29, 1.82) is 0 Å². The summed E-state index contributed by atoms with van der Waals surface area (Å²) in [6, 6.07) is 12.2. The number of hydrogen-bond acceptors (Lipinski definition) is 5. The molecule has 2 N–H and O–H groups in total. The molecule has 2 amide bonds. The maximum atomic E-state index is 12.6. The largest absolute Gasteiger partial charge is 0.489 e. The number of carbonyl (C=O) groups excluding carboxylic acids is 1. The number of ether oxygens (including phenoxy) is 2. The van der Waals surface area contributed by atoms with E-state index in [0.717, 1.165) is 5.56 Å². The van der Waals surface area contributed by atoms with Gasteiger partial charge in [-0.1, -0.05) is 35.3 Å². The molecule has 9 heteroatoms. The van der Waals surface area contributed by atoms with Gasteiger partial charge >= 0.3 is 6.03 Å². The van der Waals surface area contributed by atoms with Crippen molar-refractivity contribution >= 4 is 40.9 Å². The Kier molecular flexibility index (Phi) is 6.84. The number of carbonyl (C=O) groups is 1. The van der Waals surface area contributed by atoms with Crippen LogP contribution in [0.25, 0.3) is 0 Å². The summed E-state index contributed by atoms with van der Waals surface area (Å²) in [5.41, 5.74) is 1.56. The molecule has 0 saturated carbocycles. The Morgan fingerprint density at radius 1 is 1.21 bits per heavy atom. The molecular weight excluding hydrogens is 415 g/mol. The van der Waals surface area contributed by atoms with E-state index in [-0.39, 0.29) is 12.1 Å². The Balaban J connectivity index is 1.84. The lowest BCUT2D eigenvalue weighted by Gasteiger charge is -2.31. The first-order chi connectivity index (χ1) is 13.9. The van der Waals surface area contributed by atoms with Gasteiger partial charge in [-0.2, -0.15) is 4.99 Å². The first kappa shape index (κ1) is 21.2. The zero-order chi connectivity index (χ0) is 21.0. The standard InChI is InChI=1S/C20H22Cl2N4O3/c1-12(2)29-17-9-8-15(10-16(17)22)23-18-24-19(28-3)25-20(27)26(18)11-13-4-6-14(21)7-5-13/h4-10,12,19H,11H2,1-3H3,(H,23,24)(H,25,27). The van der Waals surface area contributed by atoms with Crippen LogP contribution in [0, 0.1) is 0 Å². The molecule has 1 unspecified atom stereocenters. The summed E-state index contributed by atoms with van der Waals surface area (Å²) in [6.45, 7) is 4.16. The highest BCUT2D eigenvalue weighted by atomic mass is 35.5. The van der Waals surface area contributed by atoms with Crippen molar-refractivity contribution in [3.63, 3.8) is 0 Å². The predicted octanol–water partition coefficient (Wildman–Crippen LogP) is 4.70. The lowest BCUT2D eigenvalue weighted by Crippen LogP contribution is -2.54. The highest BCUT2D eigenvalue weighted by molar-refractivity contribution is 6.32. The molecule has 1 aliphatic heterocycles. The van der Waals surface area contributed by atoms with E-state index in [1.54, 1.807) is 30.3 Å². The second-order valence-electron chi connectivity index (χ2n) is 6.64. The van der Waals surface area contributed by atoms with Crippen LogP contribution >= 0.6 is 23.2 Å². The number of nitrogens with one attached hydrogen (secondary N) is 2. The molecule has 0 radical (unpaired) electrons. The van der Waals surface area contributed by atoms with Crippen LogP contribution in [-0.2, 0) is 11.3 Å². The van der Waals surface area contributed by atoms with Gasteiger partial charge < -0.3 is 14.8 Å². The van der Waals surface area contributed by atoms with Crippen LogP contribution in [0.3, 0.4) is 0 Å². The van der Waals surface area contributed by atoms with Crippen molar-refractivity contribution in [2.24, 2.45) is 4.99 Å². The maximum Gasteiger partial charge on any atom is 0.328 e. The molecule has 7 nitrogen and oxygen atoms in total. The van der Waals surface area contributed by atoms with Crippen LogP contribution in [0.15, 0.2) is 47.5 Å². The monoisotopic (exact) mass is 436 g/mol. The number of amides is 2. The van der Waals surface area contributed by atoms with E-state index >= 15 is 0 Å². The zero-order valence-electron chi connectivity index (χ0n) is 16.3. The second-order valence-corrected chi connectivity index (χ2v) is 7.48. The molecule has 3 rings (SSSR count). The minimum atomic E-state index is -0.787. The van der Waals surface area contributed by atoms with Crippen LogP contribution in [0.1, 0.15) is 19.4 Å². The Bertz CT molecular complexity index is 903. The van der Waals surface area contributed by atoms with E-state index in [4.69, 9.17) is 32.7 Å². The van der Waals surface area contributed by atoms with Crippen LogP contribution in [0.5, 0.6) is 5.75 Å². The Morgan fingerprint density at radius 2 is 1.93 bits per heavy atom. The van der Waals surface area contributed by atoms with Crippen LogP contribution < -0.4 is 15.4 Å². The van der Waals surface area contributed by atoms with Crippen molar-refractivity contribution < 1.29 is 14.3 Å². The second kappa shape index (κ2) is 9.35. The molecule has 2 aromatic carbocycles.